The average Bonchev–Trinajstić information content (AvgIpc) is 3.03. The molecule has 114 valence electrons. The van der Waals surface area contributed by atoms with Crippen molar-refractivity contribution in [2.45, 2.75) is 27.3 Å². The van der Waals surface area contributed by atoms with Crippen LogP contribution in [0.1, 0.15) is 29.9 Å². The van der Waals surface area contributed by atoms with Gasteiger partial charge in [0, 0.05) is 23.6 Å². The van der Waals surface area contributed by atoms with Gasteiger partial charge in [-0.25, -0.2) is 9.78 Å². The summed E-state index contributed by atoms with van der Waals surface area (Å²) in [6, 6.07) is 6.23. The number of hydrogen-bond acceptors (Lipinski definition) is 3. The zero-order chi connectivity index (χ0) is 15.9. The van der Waals surface area contributed by atoms with Crippen molar-refractivity contribution >= 4 is 16.9 Å². The standard InChI is InChI=1S/C17H18N2O3/c1-10(2)7-19-8-13(12-6-11(3)4-5-15(12)19)16-18-14(9-22-16)17(20)21/h4-6,8-10H,7H2,1-3H3,(H,20,21). The van der Waals surface area contributed by atoms with E-state index in [-0.39, 0.29) is 5.69 Å². The molecule has 0 atom stereocenters. The topological polar surface area (TPSA) is 68.3 Å². The lowest BCUT2D eigenvalue weighted by atomic mass is 10.1. The van der Waals surface area contributed by atoms with E-state index in [0.29, 0.717) is 11.8 Å². The van der Waals surface area contributed by atoms with Gasteiger partial charge in [0.15, 0.2) is 5.69 Å². The Morgan fingerprint density at radius 1 is 1.41 bits per heavy atom. The van der Waals surface area contributed by atoms with Crippen LogP contribution in [-0.2, 0) is 6.54 Å². The Bertz CT molecular complexity index is 843. The normalized spacial score (nSPS) is 11.5. The molecule has 0 bridgehead atoms. The second-order valence-electron chi connectivity index (χ2n) is 5.95. The molecule has 0 aliphatic carbocycles. The number of carboxylic acids is 1. The van der Waals surface area contributed by atoms with Crippen LogP contribution < -0.4 is 0 Å². The maximum Gasteiger partial charge on any atom is 0.357 e. The molecule has 0 spiro atoms. The van der Waals surface area contributed by atoms with Crippen LogP contribution in [0.2, 0.25) is 0 Å². The van der Waals surface area contributed by atoms with Gasteiger partial charge in [-0.05, 0) is 25.0 Å². The number of fused-ring (bicyclic) bond motifs is 1. The Morgan fingerprint density at radius 2 is 2.18 bits per heavy atom. The summed E-state index contributed by atoms with van der Waals surface area (Å²) in [7, 11) is 0. The van der Waals surface area contributed by atoms with Gasteiger partial charge in [-0.1, -0.05) is 25.5 Å². The summed E-state index contributed by atoms with van der Waals surface area (Å²) in [4.78, 5) is 15.1. The minimum atomic E-state index is -1.09. The van der Waals surface area contributed by atoms with E-state index >= 15 is 0 Å². The molecule has 3 aromatic rings. The second-order valence-corrected chi connectivity index (χ2v) is 5.95. The number of carboxylic acid groups (broad SMARTS) is 1. The number of aromatic carboxylic acids is 1. The first-order valence-electron chi connectivity index (χ1n) is 7.24. The molecule has 0 aliphatic rings. The molecule has 2 heterocycles. The number of carbonyl (C=O) groups is 1. The number of benzene rings is 1. The Hall–Kier alpha value is -2.56. The highest BCUT2D eigenvalue weighted by molar-refractivity contribution is 5.95. The van der Waals surface area contributed by atoms with Crippen LogP contribution in [0.4, 0.5) is 0 Å². The van der Waals surface area contributed by atoms with Crippen LogP contribution in [-0.4, -0.2) is 20.6 Å². The average molecular weight is 298 g/mol. The predicted molar refractivity (Wildman–Crippen MR) is 84.0 cm³/mol. The molecule has 0 fully saturated rings. The number of oxazole rings is 1. The third-order valence-electron chi connectivity index (χ3n) is 3.55. The van der Waals surface area contributed by atoms with Gasteiger partial charge in [0.2, 0.25) is 5.89 Å². The lowest BCUT2D eigenvalue weighted by Gasteiger charge is -2.08. The van der Waals surface area contributed by atoms with Crippen molar-refractivity contribution in [1.29, 1.82) is 0 Å². The summed E-state index contributed by atoms with van der Waals surface area (Å²) in [5.41, 5.74) is 2.99. The van der Waals surface area contributed by atoms with Crippen LogP contribution in [0.5, 0.6) is 0 Å². The summed E-state index contributed by atoms with van der Waals surface area (Å²) in [5, 5.41) is 10.0. The molecule has 0 aliphatic heterocycles. The Balaban J connectivity index is 2.19. The van der Waals surface area contributed by atoms with Crippen molar-refractivity contribution in [2.75, 3.05) is 0 Å². The first-order valence-corrected chi connectivity index (χ1v) is 7.24. The van der Waals surface area contributed by atoms with Gasteiger partial charge >= 0.3 is 5.97 Å². The highest BCUT2D eigenvalue weighted by Crippen LogP contribution is 2.31. The van der Waals surface area contributed by atoms with E-state index in [4.69, 9.17) is 9.52 Å². The molecular weight excluding hydrogens is 280 g/mol. The van der Waals surface area contributed by atoms with Crippen LogP contribution in [0, 0.1) is 12.8 Å². The van der Waals surface area contributed by atoms with E-state index in [0.717, 1.165) is 28.6 Å². The highest BCUT2D eigenvalue weighted by Gasteiger charge is 2.17. The quantitative estimate of drug-likeness (QED) is 0.791. The third-order valence-corrected chi connectivity index (χ3v) is 3.55. The van der Waals surface area contributed by atoms with Crippen molar-refractivity contribution in [3.63, 3.8) is 0 Å². The molecule has 1 aromatic carbocycles. The van der Waals surface area contributed by atoms with Crippen molar-refractivity contribution in [2.24, 2.45) is 5.92 Å². The zero-order valence-corrected chi connectivity index (χ0v) is 12.8. The molecule has 2 aromatic heterocycles. The summed E-state index contributed by atoms with van der Waals surface area (Å²) in [6.45, 7) is 7.23. The smallest absolute Gasteiger partial charge is 0.357 e. The maximum absolute atomic E-state index is 11.0. The number of rotatable bonds is 4. The van der Waals surface area contributed by atoms with E-state index in [2.05, 4.69) is 41.6 Å². The monoisotopic (exact) mass is 298 g/mol. The SMILES string of the molecule is Cc1ccc2c(c1)c(-c1nc(C(=O)O)co1)cn2CC(C)C. The number of hydrogen-bond donors (Lipinski definition) is 1. The molecule has 0 unspecified atom stereocenters. The lowest BCUT2D eigenvalue weighted by Crippen LogP contribution is -2.02. The van der Waals surface area contributed by atoms with Gasteiger partial charge in [0.05, 0.1) is 5.56 Å². The van der Waals surface area contributed by atoms with E-state index < -0.39 is 5.97 Å². The fourth-order valence-electron chi connectivity index (χ4n) is 2.62. The van der Waals surface area contributed by atoms with Gasteiger partial charge in [0.1, 0.15) is 6.26 Å². The summed E-state index contributed by atoms with van der Waals surface area (Å²) >= 11 is 0. The largest absolute Gasteiger partial charge is 0.476 e. The molecule has 0 saturated carbocycles. The molecule has 5 heteroatoms. The van der Waals surface area contributed by atoms with Crippen molar-refractivity contribution in [3.05, 3.63) is 41.9 Å². The van der Waals surface area contributed by atoms with Crippen LogP contribution in [0.25, 0.3) is 22.4 Å². The number of nitrogens with zero attached hydrogens (tertiary/aromatic N) is 2. The van der Waals surface area contributed by atoms with Crippen LogP contribution in [0.3, 0.4) is 0 Å². The molecule has 22 heavy (non-hydrogen) atoms. The molecule has 1 N–H and O–H groups in total. The van der Waals surface area contributed by atoms with Gasteiger partial charge in [-0.15, -0.1) is 0 Å². The molecule has 0 radical (unpaired) electrons. The van der Waals surface area contributed by atoms with Gasteiger partial charge in [0.25, 0.3) is 0 Å². The molecule has 0 amide bonds. The maximum atomic E-state index is 11.0. The van der Waals surface area contributed by atoms with Crippen LogP contribution >= 0.6 is 0 Å². The van der Waals surface area contributed by atoms with Gasteiger partial charge in [-0.3, -0.25) is 0 Å². The number of aromatic nitrogens is 2. The van der Waals surface area contributed by atoms with Crippen molar-refractivity contribution < 1.29 is 14.3 Å². The molecule has 0 saturated heterocycles. The summed E-state index contributed by atoms with van der Waals surface area (Å²) < 4.78 is 7.54. The van der Waals surface area contributed by atoms with Gasteiger partial charge in [-0.2, -0.15) is 0 Å². The van der Waals surface area contributed by atoms with E-state index in [1.807, 2.05) is 13.1 Å². The van der Waals surface area contributed by atoms with Crippen molar-refractivity contribution in [1.82, 2.24) is 9.55 Å². The first kappa shape index (κ1) is 14.4. The predicted octanol–water partition coefficient (Wildman–Crippen LogP) is 3.96. The van der Waals surface area contributed by atoms with E-state index in [9.17, 15) is 4.79 Å². The Morgan fingerprint density at radius 3 is 2.82 bits per heavy atom. The number of aryl methyl sites for hydroxylation is 1. The lowest BCUT2D eigenvalue weighted by molar-refractivity contribution is 0.0690. The Kier molecular flexibility index (Phi) is 3.48. The molecule has 3 rings (SSSR count). The minimum Gasteiger partial charge on any atom is -0.476 e. The fraction of sp³-hybridized carbons (Fsp3) is 0.294. The summed E-state index contributed by atoms with van der Waals surface area (Å²) in [6.07, 6.45) is 3.17. The Labute approximate surface area is 128 Å². The van der Waals surface area contributed by atoms with E-state index in [1.165, 1.54) is 6.26 Å². The minimum absolute atomic E-state index is 0.0765. The first-order chi connectivity index (χ1) is 10.5. The highest BCUT2D eigenvalue weighted by atomic mass is 16.4. The molecule has 5 nitrogen and oxygen atoms in total. The van der Waals surface area contributed by atoms with Crippen LogP contribution in [0.15, 0.2) is 35.1 Å². The molecular formula is C17H18N2O3. The van der Waals surface area contributed by atoms with E-state index in [1.54, 1.807) is 0 Å². The second kappa shape index (κ2) is 5.33. The third kappa shape index (κ3) is 2.50. The summed E-state index contributed by atoms with van der Waals surface area (Å²) in [5.74, 6) is -0.239. The fourth-order valence-corrected chi connectivity index (χ4v) is 2.62. The van der Waals surface area contributed by atoms with Crippen molar-refractivity contribution in [3.8, 4) is 11.5 Å². The van der Waals surface area contributed by atoms with Gasteiger partial charge < -0.3 is 14.1 Å². The zero-order valence-electron chi connectivity index (χ0n) is 12.8.